The highest BCUT2D eigenvalue weighted by atomic mass is 16.6. The second-order valence-electron chi connectivity index (χ2n) is 4.87. The topological polar surface area (TPSA) is 78.4 Å². The maximum Gasteiger partial charge on any atom is 0.311 e. The molecule has 0 radical (unpaired) electrons. The van der Waals surface area contributed by atoms with Crippen LogP contribution in [0.3, 0.4) is 0 Å². The van der Waals surface area contributed by atoms with Crippen LogP contribution in [-0.2, 0) is 6.42 Å². The van der Waals surface area contributed by atoms with E-state index in [1.54, 1.807) is 6.07 Å². The summed E-state index contributed by atoms with van der Waals surface area (Å²) in [4.78, 5) is 10.6. The Morgan fingerprint density at radius 2 is 1.90 bits per heavy atom. The maximum atomic E-state index is 11.0. The van der Waals surface area contributed by atoms with Crippen LogP contribution in [0.25, 0.3) is 0 Å². The molecule has 21 heavy (non-hydrogen) atoms. The van der Waals surface area contributed by atoms with Crippen molar-refractivity contribution in [2.45, 2.75) is 19.8 Å². The van der Waals surface area contributed by atoms with Gasteiger partial charge in [-0.2, -0.15) is 0 Å². The van der Waals surface area contributed by atoms with E-state index < -0.39 is 4.92 Å². The van der Waals surface area contributed by atoms with Gasteiger partial charge in [-0.1, -0.05) is 24.3 Å². The zero-order valence-corrected chi connectivity index (χ0v) is 11.9. The Morgan fingerprint density at radius 3 is 2.57 bits per heavy atom. The van der Waals surface area contributed by atoms with Crippen LogP contribution < -0.4 is 10.5 Å². The molecule has 0 aliphatic rings. The molecule has 0 aliphatic heterocycles. The van der Waals surface area contributed by atoms with Crippen molar-refractivity contribution >= 4 is 11.4 Å². The Morgan fingerprint density at radius 1 is 1.19 bits per heavy atom. The third kappa shape index (κ3) is 3.95. The number of nitrogens with two attached hydrogens (primary N) is 1. The first-order valence-electron chi connectivity index (χ1n) is 6.79. The van der Waals surface area contributed by atoms with Crippen molar-refractivity contribution in [2.75, 3.05) is 12.3 Å². The number of benzene rings is 2. The van der Waals surface area contributed by atoms with Crippen LogP contribution in [0.15, 0.2) is 42.5 Å². The summed E-state index contributed by atoms with van der Waals surface area (Å²) in [7, 11) is 0. The molecule has 110 valence electrons. The molecule has 5 heteroatoms. The molecule has 0 heterocycles. The van der Waals surface area contributed by atoms with Gasteiger partial charge in [-0.05, 0) is 43.0 Å². The van der Waals surface area contributed by atoms with Gasteiger partial charge in [0.25, 0.3) is 0 Å². The van der Waals surface area contributed by atoms with Crippen LogP contribution in [0.1, 0.15) is 17.5 Å². The summed E-state index contributed by atoms with van der Waals surface area (Å²) < 4.78 is 5.61. The molecule has 5 nitrogen and oxygen atoms in total. The van der Waals surface area contributed by atoms with Crippen molar-refractivity contribution in [2.24, 2.45) is 0 Å². The van der Waals surface area contributed by atoms with E-state index in [1.807, 2.05) is 37.3 Å². The minimum Gasteiger partial charge on any atom is -0.487 e. The van der Waals surface area contributed by atoms with Gasteiger partial charge in [0.2, 0.25) is 0 Å². The Hall–Kier alpha value is -2.56. The standard InChI is InChI=1S/C16H18N2O3/c1-12-4-2-6-15(18(19)20)16(12)21-11-3-5-13-7-9-14(17)10-8-13/h2,4,6-10H,3,5,11,17H2,1H3. The molecule has 0 aromatic heterocycles. The fourth-order valence-corrected chi connectivity index (χ4v) is 2.10. The Bertz CT molecular complexity index is 624. The normalized spacial score (nSPS) is 10.3. The summed E-state index contributed by atoms with van der Waals surface area (Å²) in [5.41, 5.74) is 8.34. The second-order valence-corrected chi connectivity index (χ2v) is 4.87. The fourth-order valence-electron chi connectivity index (χ4n) is 2.10. The van der Waals surface area contributed by atoms with Gasteiger partial charge >= 0.3 is 5.69 Å². The van der Waals surface area contributed by atoms with Crippen molar-refractivity contribution in [3.05, 3.63) is 63.7 Å². The highest BCUT2D eigenvalue weighted by molar-refractivity contribution is 5.51. The van der Waals surface area contributed by atoms with Crippen LogP contribution >= 0.6 is 0 Å². The van der Waals surface area contributed by atoms with Gasteiger partial charge < -0.3 is 10.5 Å². The molecule has 0 spiro atoms. The Labute approximate surface area is 123 Å². The highest BCUT2D eigenvalue weighted by Crippen LogP contribution is 2.30. The molecule has 2 aromatic carbocycles. The van der Waals surface area contributed by atoms with E-state index in [-0.39, 0.29) is 5.69 Å². The second kappa shape index (κ2) is 6.74. The lowest BCUT2D eigenvalue weighted by Gasteiger charge is -2.09. The summed E-state index contributed by atoms with van der Waals surface area (Å²) >= 11 is 0. The minimum absolute atomic E-state index is 0.0162. The number of aryl methyl sites for hydroxylation is 2. The van der Waals surface area contributed by atoms with Gasteiger partial charge in [-0.15, -0.1) is 0 Å². The molecule has 0 atom stereocenters. The van der Waals surface area contributed by atoms with Gasteiger partial charge in [0.15, 0.2) is 5.75 Å². The van der Waals surface area contributed by atoms with Gasteiger partial charge in [0, 0.05) is 11.8 Å². The molecule has 2 N–H and O–H groups in total. The quantitative estimate of drug-likeness (QED) is 0.381. The lowest BCUT2D eigenvalue weighted by Crippen LogP contribution is -2.03. The third-order valence-electron chi connectivity index (χ3n) is 3.22. The molecule has 0 aliphatic carbocycles. The van der Waals surface area contributed by atoms with Crippen molar-refractivity contribution < 1.29 is 9.66 Å². The number of nitro benzene ring substituents is 1. The molecule has 2 aromatic rings. The van der Waals surface area contributed by atoms with Crippen LogP contribution in [0.5, 0.6) is 5.75 Å². The van der Waals surface area contributed by atoms with E-state index in [4.69, 9.17) is 10.5 Å². The van der Waals surface area contributed by atoms with E-state index in [0.29, 0.717) is 12.4 Å². The molecule has 0 unspecified atom stereocenters. The number of rotatable bonds is 6. The smallest absolute Gasteiger partial charge is 0.311 e. The zero-order valence-electron chi connectivity index (χ0n) is 11.9. The number of ether oxygens (including phenoxy) is 1. The monoisotopic (exact) mass is 286 g/mol. The van der Waals surface area contributed by atoms with Crippen LogP contribution in [0.2, 0.25) is 0 Å². The molecule has 0 amide bonds. The number of nitrogens with zero attached hydrogens (tertiary/aromatic N) is 1. The van der Waals surface area contributed by atoms with Gasteiger partial charge in [0.05, 0.1) is 11.5 Å². The summed E-state index contributed by atoms with van der Waals surface area (Å²) in [6.45, 7) is 2.25. The van der Waals surface area contributed by atoms with Crippen LogP contribution in [0, 0.1) is 17.0 Å². The summed E-state index contributed by atoms with van der Waals surface area (Å²) in [6, 6.07) is 12.6. The van der Waals surface area contributed by atoms with E-state index in [1.165, 1.54) is 11.6 Å². The largest absolute Gasteiger partial charge is 0.487 e. The van der Waals surface area contributed by atoms with Crippen molar-refractivity contribution in [3.8, 4) is 5.75 Å². The number of para-hydroxylation sites is 1. The Balaban J connectivity index is 1.92. The lowest BCUT2D eigenvalue weighted by molar-refractivity contribution is -0.385. The van der Waals surface area contributed by atoms with Crippen molar-refractivity contribution in [1.82, 2.24) is 0 Å². The van der Waals surface area contributed by atoms with Crippen molar-refractivity contribution in [3.63, 3.8) is 0 Å². The summed E-state index contributed by atoms with van der Waals surface area (Å²) in [5.74, 6) is 0.361. The third-order valence-corrected chi connectivity index (χ3v) is 3.22. The predicted molar refractivity (Wildman–Crippen MR) is 82.5 cm³/mol. The number of hydrogen-bond donors (Lipinski definition) is 1. The average molecular weight is 286 g/mol. The molecular weight excluding hydrogens is 268 g/mol. The first-order valence-corrected chi connectivity index (χ1v) is 6.79. The SMILES string of the molecule is Cc1cccc([N+](=O)[O-])c1OCCCc1ccc(N)cc1. The number of nitrogen functional groups attached to an aromatic ring is 1. The van der Waals surface area contributed by atoms with Gasteiger partial charge in [0.1, 0.15) is 0 Å². The summed E-state index contributed by atoms with van der Waals surface area (Å²) in [6.07, 6.45) is 1.63. The summed E-state index contributed by atoms with van der Waals surface area (Å²) in [5, 5.41) is 11.0. The number of anilines is 1. The maximum absolute atomic E-state index is 11.0. The van der Waals surface area contributed by atoms with E-state index in [0.717, 1.165) is 24.1 Å². The lowest BCUT2D eigenvalue weighted by atomic mass is 10.1. The van der Waals surface area contributed by atoms with Gasteiger partial charge in [-0.3, -0.25) is 10.1 Å². The first kappa shape index (κ1) is 14.8. The van der Waals surface area contributed by atoms with Gasteiger partial charge in [-0.25, -0.2) is 0 Å². The van der Waals surface area contributed by atoms with E-state index in [9.17, 15) is 10.1 Å². The van der Waals surface area contributed by atoms with Crippen LogP contribution in [0.4, 0.5) is 11.4 Å². The highest BCUT2D eigenvalue weighted by Gasteiger charge is 2.16. The predicted octanol–water partition coefficient (Wildman–Crippen LogP) is 3.50. The molecule has 0 fully saturated rings. The molecular formula is C16H18N2O3. The Kier molecular flexibility index (Phi) is 4.77. The zero-order chi connectivity index (χ0) is 15.2. The van der Waals surface area contributed by atoms with E-state index >= 15 is 0 Å². The number of nitro groups is 1. The molecule has 0 saturated heterocycles. The van der Waals surface area contributed by atoms with Crippen molar-refractivity contribution in [1.29, 1.82) is 0 Å². The van der Waals surface area contributed by atoms with E-state index in [2.05, 4.69) is 0 Å². The molecule has 0 bridgehead atoms. The minimum atomic E-state index is -0.414. The fraction of sp³-hybridized carbons (Fsp3) is 0.250. The first-order chi connectivity index (χ1) is 10.1. The number of hydrogen-bond acceptors (Lipinski definition) is 4. The average Bonchev–Trinajstić information content (AvgIpc) is 2.46. The van der Waals surface area contributed by atoms with Crippen LogP contribution in [-0.4, -0.2) is 11.5 Å². The molecule has 0 saturated carbocycles. The molecule has 2 rings (SSSR count).